The molecule has 0 bridgehead atoms. The van der Waals surface area contributed by atoms with Crippen molar-refractivity contribution in [3.8, 4) is 5.75 Å². The van der Waals surface area contributed by atoms with Crippen molar-refractivity contribution in [2.45, 2.75) is 20.4 Å². The first kappa shape index (κ1) is 20.0. The average molecular weight is 405 g/mol. The topological polar surface area (TPSA) is 54.8 Å². The summed E-state index contributed by atoms with van der Waals surface area (Å²) in [5.41, 5.74) is 2.97. The highest BCUT2D eigenvalue weighted by atomic mass is 16.5. The van der Waals surface area contributed by atoms with Gasteiger partial charge in [-0.3, -0.25) is 9.59 Å². The molecule has 1 aromatic heterocycles. The zero-order chi connectivity index (χ0) is 21.3. The van der Waals surface area contributed by atoms with E-state index in [9.17, 15) is 9.59 Å². The first-order valence-electron chi connectivity index (χ1n) is 10.3. The van der Waals surface area contributed by atoms with Crippen molar-refractivity contribution < 1.29 is 9.53 Å². The molecule has 2 aromatic carbocycles. The van der Waals surface area contributed by atoms with Crippen LogP contribution in [0.5, 0.6) is 5.75 Å². The van der Waals surface area contributed by atoms with Gasteiger partial charge in [0.05, 0.1) is 18.3 Å². The molecule has 3 aromatic rings. The van der Waals surface area contributed by atoms with Gasteiger partial charge in [0.15, 0.2) is 0 Å². The Bertz CT molecular complexity index is 1140. The molecule has 1 aliphatic heterocycles. The van der Waals surface area contributed by atoms with Crippen LogP contribution in [-0.4, -0.2) is 48.7 Å². The number of piperazine rings is 1. The molecule has 0 aliphatic carbocycles. The average Bonchev–Trinajstić information content (AvgIpc) is 2.79. The molecule has 1 amide bonds. The third-order valence-corrected chi connectivity index (χ3v) is 5.80. The van der Waals surface area contributed by atoms with Gasteiger partial charge in [0, 0.05) is 44.3 Å². The van der Waals surface area contributed by atoms with Gasteiger partial charge in [0.25, 0.3) is 5.91 Å². The van der Waals surface area contributed by atoms with Crippen LogP contribution in [0.25, 0.3) is 10.9 Å². The Balaban J connectivity index is 1.60. The van der Waals surface area contributed by atoms with Crippen LogP contribution in [0.3, 0.4) is 0 Å². The van der Waals surface area contributed by atoms with E-state index in [1.807, 2.05) is 60.9 Å². The van der Waals surface area contributed by atoms with Crippen molar-refractivity contribution in [1.82, 2.24) is 9.47 Å². The molecule has 0 spiro atoms. The van der Waals surface area contributed by atoms with E-state index in [-0.39, 0.29) is 16.9 Å². The van der Waals surface area contributed by atoms with Crippen molar-refractivity contribution in [2.24, 2.45) is 0 Å². The number of aromatic nitrogens is 1. The summed E-state index contributed by atoms with van der Waals surface area (Å²) in [7, 11) is 1.67. The lowest BCUT2D eigenvalue weighted by Crippen LogP contribution is -2.49. The molecular formula is C24H27N3O3. The number of para-hydroxylation sites is 2. The fourth-order valence-electron chi connectivity index (χ4n) is 4.14. The summed E-state index contributed by atoms with van der Waals surface area (Å²) in [6.45, 7) is 7.19. The second kappa shape index (κ2) is 8.22. The quantitative estimate of drug-likeness (QED) is 0.668. The molecule has 4 rings (SSSR count). The fourth-order valence-corrected chi connectivity index (χ4v) is 4.14. The number of ether oxygens (including phenoxy) is 1. The van der Waals surface area contributed by atoms with Crippen LogP contribution in [0.2, 0.25) is 0 Å². The van der Waals surface area contributed by atoms with E-state index in [1.165, 1.54) is 0 Å². The van der Waals surface area contributed by atoms with Crippen molar-refractivity contribution >= 4 is 22.5 Å². The number of hydrogen-bond acceptors (Lipinski definition) is 4. The smallest absolute Gasteiger partial charge is 0.259 e. The molecule has 6 nitrogen and oxygen atoms in total. The summed E-state index contributed by atoms with van der Waals surface area (Å²) in [6.07, 6.45) is 1.72. The van der Waals surface area contributed by atoms with E-state index in [1.54, 1.807) is 18.2 Å². The number of anilines is 1. The highest BCUT2D eigenvalue weighted by Crippen LogP contribution is 2.28. The van der Waals surface area contributed by atoms with Gasteiger partial charge in [-0.05, 0) is 38.1 Å². The maximum atomic E-state index is 13.3. The van der Waals surface area contributed by atoms with Crippen LogP contribution in [0, 0.1) is 6.92 Å². The van der Waals surface area contributed by atoms with Gasteiger partial charge in [-0.15, -0.1) is 0 Å². The third-order valence-electron chi connectivity index (χ3n) is 5.80. The van der Waals surface area contributed by atoms with Crippen LogP contribution in [0.15, 0.2) is 53.5 Å². The Morgan fingerprint density at radius 1 is 1.07 bits per heavy atom. The largest absolute Gasteiger partial charge is 0.495 e. The lowest BCUT2D eigenvalue weighted by Gasteiger charge is -2.36. The molecule has 1 fully saturated rings. The van der Waals surface area contributed by atoms with Crippen LogP contribution >= 0.6 is 0 Å². The summed E-state index contributed by atoms with van der Waals surface area (Å²) >= 11 is 0. The molecule has 156 valence electrons. The van der Waals surface area contributed by atoms with Crippen molar-refractivity contribution in [1.29, 1.82) is 0 Å². The molecule has 0 N–H and O–H groups in total. The summed E-state index contributed by atoms with van der Waals surface area (Å²) in [5, 5.41) is 0.607. The second-order valence-corrected chi connectivity index (χ2v) is 7.63. The van der Waals surface area contributed by atoms with E-state index in [0.29, 0.717) is 38.1 Å². The number of fused-ring (bicyclic) bond motifs is 1. The van der Waals surface area contributed by atoms with Gasteiger partial charge < -0.3 is 19.1 Å². The van der Waals surface area contributed by atoms with E-state index in [0.717, 1.165) is 22.5 Å². The molecule has 1 aliphatic rings. The predicted molar refractivity (Wildman–Crippen MR) is 120 cm³/mol. The fraction of sp³-hybridized carbons (Fsp3) is 0.333. The normalized spacial score (nSPS) is 14.2. The van der Waals surface area contributed by atoms with Gasteiger partial charge in [0.2, 0.25) is 5.43 Å². The van der Waals surface area contributed by atoms with Crippen molar-refractivity contribution in [2.75, 3.05) is 38.2 Å². The zero-order valence-corrected chi connectivity index (χ0v) is 17.7. The van der Waals surface area contributed by atoms with Crippen LogP contribution in [-0.2, 0) is 6.54 Å². The molecule has 6 heteroatoms. The number of pyridine rings is 1. The van der Waals surface area contributed by atoms with E-state index in [2.05, 4.69) is 4.90 Å². The Hall–Kier alpha value is -3.28. The number of carbonyl (C=O) groups excluding carboxylic acids is 1. The van der Waals surface area contributed by atoms with Gasteiger partial charge in [-0.2, -0.15) is 0 Å². The van der Waals surface area contributed by atoms with Crippen molar-refractivity contribution in [3.05, 3.63) is 70.0 Å². The maximum Gasteiger partial charge on any atom is 0.259 e. The number of aryl methyl sites for hydroxylation is 2. The van der Waals surface area contributed by atoms with Crippen molar-refractivity contribution in [3.63, 3.8) is 0 Å². The molecule has 0 saturated carbocycles. The minimum Gasteiger partial charge on any atom is -0.495 e. The summed E-state index contributed by atoms with van der Waals surface area (Å²) < 4.78 is 7.45. The predicted octanol–water partition coefficient (Wildman–Crippen LogP) is 3.30. The number of rotatable bonds is 4. The molecule has 1 saturated heterocycles. The van der Waals surface area contributed by atoms with Crippen LogP contribution in [0.1, 0.15) is 22.8 Å². The Labute approximate surface area is 176 Å². The van der Waals surface area contributed by atoms with E-state index in [4.69, 9.17) is 4.74 Å². The SMILES string of the molecule is CCn1cc(C(=O)N2CCN(c3ccccc3OC)CC2)c(=O)c2cc(C)ccc21. The molecule has 0 atom stereocenters. The number of methoxy groups -OCH3 is 1. The standard InChI is InChI=1S/C24H27N3O3/c1-4-25-16-19(23(28)18-15-17(2)9-10-20(18)25)24(29)27-13-11-26(12-14-27)21-7-5-6-8-22(21)30-3/h5-10,15-16H,4,11-14H2,1-3H3. The molecule has 2 heterocycles. The van der Waals surface area contributed by atoms with Gasteiger partial charge in [-0.25, -0.2) is 0 Å². The number of nitrogens with zero attached hydrogens (tertiary/aromatic N) is 3. The third kappa shape index (κ3) is 3.54. The maximum absolute atomic E-state index is 13.3. The number of benzene rings is 2. The highest BCUT2D eigenvalue weighted by molar-refractivity contribution is 5.97. The second-order valence-electron chi connectivity index (χ2n) is 7.63. The molecule has 0 unspecified atom stereocenters. The first-order valence-corrected chi connectivity index (χ1v) is 10.3. The Morgan fingerprint density at radius 3 is 2.50 bits per heavy atom. The summed E-state index contributed by atoms with van der Waals surface area (Å²) in [4.78, 5) is 30.4. The molecule has 30 heavy (non-hydrogen) atoms. The number of amides is 1. The minimum atomic E-state index is -0.190. The Kier molecular flexibility index (Phi) is 5.48. The molecular weight excluding hydrogens is 378 g/mol. The van der Waals surface area contributed by atoms with Crippen LogP contribution < -0.4 is 15.1 Å². The number of carbonyl (C=O) groups is 1. The minimum absolute atomic E-state index is 0.185. The molecule has 0 radical (unpaired) electrons. The zero-order valence-electron chi connectivity index (χ0n) is 17.7. The number of hydrogen-bond donors (Lipinski definition) is 0. The monoisotopic (exact) mass is 405 g/mol. The van der Waals surface area contributed by atoms with E-state index >= 15 is 0 Å². The van der Waals surface area contributed by atoms with Crippen LogP contribution in [0.4, 0.5) is 5.69 Å². The first-order chi connectivity index (χ1) is 14.5. The van der Waals surface area contributed by atoms with Gasteiger partial charge >= 0.3 is 0 Å². The summed E-state index contributed by atoms with van der Waals surface area (Å²) in [6, 6.07) is 13.7. The highest BCUT2D eigenvalue weighted by Gasteiger charge is 2.26. The summed E-state index contributed by atoms with van der Waals surface area (Å²) in [5.74, 6) is 0.637. The lowest BCUT2D eigenvalue weighted by atomic mass is 10.1. The van der Waals surface area contributed by atoms with Gasteiger partial charge in [-0.1, -0.05) is 23.8 Å². The Morgan fingerprint density at radius 2 is 1.80 bits per heavy atom. The van der Waals surface area contributed by atoms with Gasteiger partial charge in [0.1, 0.15) is 11.3 Å². The van der Waals surface area contributed by atoms with E-state index < -0.39 is 0 Å². The lowest BCUT2D eigenvalue weighted by molar-refractivity contribution is 0.0745.